The Kier molecular flexibility index (Phi) is 3.24. The van der Waals surface area contributed by atoms with E-state index in [4.69, 9.17) is 5.11 Å². The predicted octanol–water partition coefficient (Wildman–Crippen LogP) is -0.365. The maximum absolute atomic E-state index is 11.4. The Morgan fingerprint density at radius 1 is 1.69 bits per heavy atom. The van der Waals surface area contributed by atoms with Crippen molar-refractivity contribution in [2.45, 2.75) is 6.54 Å². The fourth-order valence-electron chi connectivity index (χ4n) is 1.05. The normalized spacial score (nSPS) is 9.81. The number of carbonyl (C=O) groups excluding carboxylic acids is 1. The summed E-state index contributed by atoms with van der Waals surface area (Å²) in [6.07, 6.45) is 1.07. The molecular formula is C8H8N2O6. The van der Waals surface area contributed by atoms with Gasteiger partial charge in [0.2, 0.25) is 5.75 Å². The molecule has 0 aliphatic rings. The van der Waals surface area contributed by atoms with Crippen LogP contribution in [0, 0.1) is 10.1 Å². The van der Waals surface area contributed by atoms with E-state index in [9.17, 15) is 19.7 Å². The number of aromatic nitrogens is 1. The van der Waals surface area contributed by atoms with Gasteiger partial charge in [0.15, 0.2) is 0 Å². The van der Waals surface area contributed by atoms with Crippen molar-refractivity contribution in [1.82, 2.24) is 4.57 Å². The molecule has 0 aliphatic heterocycles. The van der Waals surface area contributed by atoms with Crippen LogP contribution in [0.5, 0.6) is 5.75 Å². The van der Waals surface area contributed by atoms with Crippen LogP contribution >= 0.6 is 0 Å². The summed E-state index contributed by atoms with van der Waals surface area (Å²) in [5.41, 5.74) is -2.03. The zero-order valence-corrected chi connectivity index (χ0v) is 8.24. The Balaban J connectivity index is 3.24. The van der Waals surface area contributed by atoms with Crippen molar-refractivity contribution in [3.8, 4) is 5.75 Å². The number of nitro groups is 1. The van der Waals surface area contributed by atoms with E-state index in [1.54, 1.807) is 0 Å². The van der Waals surface area contributed by atoms with Gasteiger partial charge in [0, 0.05) is 12.3 Å². The molecule has 0 spiro atoms. The molecule has 1 heterocycles. The molecule has 1 N–H and O–H groups in total. The highest BCUT2D eigenvalue weighted by atomic mass is 16.6. The fourth-order valence-corrected chi connectivity index (χ4v) is 1.05. The Morgan fingerprint density at radius 3 is 2.81 bits per heavy atom. The number of methoxy groups -OCH3 is 1. The second-order valence-corrected chi connectivity index (χ2v) is 2.82. The van der Waals surface area contributed by atoms with Crippen LogP contribution in [0.3, 0.4) is 0 Å². The second-order valence-electron chi connectivity index (χ2n) is 2.82. The lowest BCUT2D eigenvalue weighted by molar-refractivity contribution is -0.387. The quantitative estimate of drug-likeness (QED) is 0.429. The minimum Gasteiger partial charge on any atom is -0.502 e. The molecule has 1 rings (SSSR count). The molecule has 0 radical (unpaired) electrons. The molecule has 8 heteroatoms. The van der Waals surface area contributed by atoms with Gasteiger partial charge in [-0.15, -0.1) is 0 Å². The van der Waals surface area contributed by atoms with Crippen molar-refractivity contribution in [3.05, 3.63) is 32.7 Å². The molecule has 0 atom stereocenters. The minimum atomic E-state index is -1.06. The van der Waals surface area contributed by atoms with Crippen LogP contribution in [0.25, 0.3) is 0 Å². The molecule has 0 saturated carbocycles. The number of pyridine rings is 1. The Hall–Kier alpha value is -2.38. The maximum Gasteiger partial charge on any atom is 0.375 e. The van der Waals surface area contributed by atoms with Gasteiger partial charge in [-0.2, -0.15) is 0 Å². The van der Waals surface area contributed by atoms with E-state index >= 15 is 0 Å². The van der Waals surface area contributed by atoms with Gasteiger partial charge in [-0.05, 0) is 0 Å². The Bertz CT molecular complexity index is 492. The van der Waals surface area contributed by atoms with E-state index in [-0.39, 0.29) is 0 Å². The van der Waals surface area contributed by atoms with Crippen LogP contribution in [0.2, 0.25) is 0 Å². The van der Waals surface area contributed by atoms with Crippen LogP contribution in [0.4, 0.5) is 5.69 Å². The second kappa shape index (κ2) is 4.43. The lowest BCUT2D eigenvalue weighted by atomic mass is 10.3. The molecule has 0 fully saturated rings. The van der Waals surface area contributed by atoms with Crippen molar-refractivity contribution in [2.75, 3.05) is 7.11 Å². The van der Waals surface area contributed by atoms with Crippen molar-refractivity contribution in [3.63, 3.8) is 0 Å². The molecule has 0 bridgehead atoms. The summed E-state index contributed by atoms with van der Waals surface area (Å²) < 4.78 is 5.09. The van der Waals surface area contributed by atoms with E-state index in [1.807, 2.05) is 0 Å². The highest BCUT2D eigenvalue weighted by molar-refractivity contribution is 5.69. The van der Waals surface area contributed by atoms with Crippen LogP contribution in [0.15, 0.2) is 17.1 Å². The third-order valence-electron chi connectivity index (χ3n) is 1.83. The number of ether oxygens (including phenoxy) is 1. The average molecular weight is 228 g/mol. The molecule has 0 aliphatic carbocycles. The van der Waals surface area contributed by atoms with E-state index in [1.165, 1.54) is 0 Å². The van der Waals surface area contributed by atoms with Crippen molar-refractivity contribution < 1.29 is 19.6 Å². The summed E-state index contributed by atoms with van der Waals surface area (Å²) >= 11 is 0. The van der Waals surface area contributed by atoms with Gasteiger partial charge in [0.25, 0.3) is 0 Å². The Labute approximate surface area is 88.8 Å². The van der Waals surface area contributed by atoms with Gasteiger partial charge >= 0.3 is 17.2 Å². The number of nitrogens with zero attached hydrogens (tertiary/aromatic N) is 2. The van der Waals surface area contributed by atoms with Crippen molar-refractivity contribution in [2.24, 2.45) is 0 Å². The zero-order valence-electron chi connectivity index (χ0n) is 8.24. The van der Waals surface area contributed by atoms with Crippen LogP contribution < -0.4 is 5.56 Å². The fraction of sp³-hybridized carbons (Fsp3) is 0.250. The van der Waals surface area contributed by atoms with Gasteiger partial charge in [-0.1, -0.05) is 0 Å². The van der Waals surface area contributed by atoms with Crippen molar-refractivity contribution in [1.29, 1.82) is 0 Å². The topological polar surface area (TPSA) is 112 Å². The van der Waals surface area contributed by atoms with E-state index in [0.717, 1.165) is 23.9 Å². The highest BCUT2D eigenvalue weighted by Crippen LogP contribution is 2.19. The lowest BCUT2D eigenvalue weighted by Gasteiger charge is -2.03. The van der Waals surface area contributed by atoms with Crippen LogP contribution in [-0.4, -0.2) is 27.7 Å². The van der Waals surface area contributed by atoms with Gasteiger partial charge in [-0.3, -0.25) is 24.3 Å². The predicted molar refractivity (Wildman–Crippen MR) is 51.0 cm³/mol. The molecule has 8 nitrogen and oxygen atoms in total. The van der Waals surface area contributed by atoms with E-state index in [2.05, 4.69) is 4.74 Å². The summed E-state index contributed by atoms with van der Waals surface area (Å²) in [4.78, 5) is 31.8. The van der Waals surface area contributed by atoms with Crippen LogP contribution in [0.1, 0.15) is 0 Å². The van der Waals surface area contributed by atoms with Gasteiger partial charge < -0.3 is 9.84 Å². The number of carbonyl (C=O) groups is 1. The first-order valence-electron chi connectivity index (χ1n) is 4.11. The minimum absolute atomic E-state index is 0.448. The standard InChI is InChI=1S/C8H8N2O6/c1-16-6(12)4-9-3-2-5(11)7(8(9)13)10(14)15/h2-3,11H,4H2,1H3. The molecule has 0 saturated heterocycles. The monoisotopic (exact) mass is 228 g/mol. The molecule has 1 aromatic heterocycles. The molecule has 0 amide bonds. The number of aromatic hydroxyl groups is 1. The van der Waals surface area contributed by atoms with Gasteiger partial charge in [0.05, 0.1) is 12.0 Å². The maximum atomic E-state index is 11.4. The lowest BCUT2D eigenvalue weighted by Crippen LogP contribution is -2.26. The summed E-state index contributed by atoms with van der Waals surface area (Å²) in [5, 5.41) is 19.6. The number of esters is 1. The van der Waals surface area contributed by atoms with E-state index in [0.29, 0.717) is 0 Å². The number of hydrogen-bond acceptors (Lipinski definition) is 6. The first-order chi connectivity index (χ1) is 7.47. The zero-order chi connectivity index (χ0) is 12.3. The first-order valence-corrected chi connectivity index (χ1v) is 4.11. The highest BCUT2D eigenvalue weighted by Gasteiger charge is 2.21. The molecule has 0 aromatic carbocycles. The third-order valence-corrected chi connectivity index (χ3v) is 1.83. The Morgan fingerprint density at radius 2 is 2.31 bits per heavy atom. The largest absolute Gasteiger partial charge is 0.502 e. The number of hydrogen-bond donors (Lipinski definition) is 1. The summed E-state index contributed by atoms with van der Waals surface area (Å²) in [7, 11) is 1.13. The average Bonchev–Trinajstić information content (AvgIpc) is 2.21. The van der Waals surface area contributed by atoms with Gasteiger partial charge in [0.1, 0.15) is 6.54 Å². The summed E-state index contributed by atoms with van der Waals surface area (Å²) in [5.74, 6) is -1.46. The van der Waals surface area contributed by atoms with Gasteiger partial charge in [-0.25, -0.2) is 0 Å². The smallest absolute Gasteiger partial charge is 0.375 e. The third kappa shape index (κ3) is 2.16. The molecular weight excluding hydrogens is 220 g/mol. The SMILES string of the molecule is COC(=O)Cn1ccc(O)c([N+](=O)[O-])c1=O. The molecule has 16 heavy (non-hydrogen) atoms. The molecule has 86 valence electrons. The molecule has 0 unspecified atom stereocenters. The molecule has 1 aromatic rings. The number of rotatable bonds is 3. The van der Waals surface area contributed by atoms with Crippen LogP contribution in [-0.2, 0) is 16.1 Å². The summed E-state index contributed by atoms with van der Waals surface area (Å²) in [6.45, 7) is -0.448. The first kappa shape index (κ1) is 11.7. The summed E-state index contributed by atoms with van der Waals surface area (Å²) in [6, 6.07) is 0.961. The van der Waals surface area contributed by atoms with E-state index < -0.39 is 34.4 Å². The van der Waals surface area contributed by atoms with Crippen molar-refractivity contribution >= 4 is 11.7 Å².